The van der Waals surface area contributed by atoms with Gasteiger partial charge in [0.05, 0.1) is 12.6 Å². The zero-order chi connectivity index (χ0) is 20.1. The topological polar surface area (TPSA) is 89.1 Å². The molecule has 0 aliphatic heterocycles. The van der Waals surface area contributed by atoms with Crippen LogP contribution in [0.15, 0.2) is 33.9 Å². The van der Waals surface area contributed by atoms with Gasteiger partial charge in [0.1, 0.15) is 17.6 Å². The second kappa shape index (κ2) is 8.58. The van der Waals surface area contributed by atoms with Crippen molar-refractivity contribution in [1.82, 2.24) is 9.13 Å². The third-order valence-electron chi connectivity index (χ3n) is 4.39. The quantitative estimate of drug-likeness (QED) is 0.809. The Kier molecular flexibility index (Phi) is 6.45. The van der Waals surface area contributed by atoms with Crippen LogP contribution in [-0.4, -0.2) is 15.7 Å². The maximum Gasteiger partial charge on any atom is 0.332 e. The summed E-state index contributed by atoms with van der Waals surface area (Å²) in [4.78, 5) is 24.7. The predicted molar refractivity (Wildman–Crippen MR) is 105 cm³/mol. The van der Waals surface area contributed by atoms with Crippen LogP contribution in [0.4, 0.5) is 5.82 Å². The summed E-state index contributed by atoms with van der Waals surface area (Å²) >= 11 is 0. The van der Waals surface area contributed by atoms with Gasteiger partial charge in [0.15, 0.2) is 5.56 Å². The van der Waals surface area contributed by atoms with Gasteiger partial charge in [-0.3, -0.25) is 13.9 Å². The van der Waals surface area contributed by atoms with Gasteiger partial charge >= 0.3 is 5.69 Å². The average molecular weight is 370 g/mol. The van der Waals surface area contributed by atoms with Gasteiger partial charge in [-0.2, -0.15) is 5.26 Å². The van der Waals surface area contributed by atoms with E-state index in [-0.39, 0.29) is 17.4 Å². The van der Waals surface area contributed by atoms with E-state index in [0.717, 1.165) is 22.3 Å². The first-order valence-electron chi connectivity index (χ1n) is 9.00. The van der Waals surface area contributed by atoms with E-state index in [1.807, 2.05) is 37.3 Å². The van der Waals surface area contributed by atoms with E-state index < -0.39 is 11.2 Å². The van der Waals surface area contributed by atoms with Crippen LogP contribution < -0.4 is 21.3 Å². The number of hydrogen-bond acceptors (Lipinski definition) is 5. The van der Waals surface area contributed by atoms with Gasteiger partial charge in [-0.1, -0.05) is 32.0 Å². The number of benzene rings is 1. The SMILES string of the molecule is CCOc1ccccc1[C@@H](CC(C)C)Nc1c(C#N)c(=O)n(C)c(=O)n1C. The first-order valence-corrected chi connectivity index (χ1v) is 9.00. The van der Waals surface area contributed by atoms with Gasteiger partial charge < -0.3 is 10.1 Å². The van der Waals surface area contributed by atoms with Gasteiger partial charge in [0, 0.05) is 19.7 Å². The molecule has 0 amide bonds. The van der Waals surface area contributed by atoms with Gasteiger partial charge in [0.2, 0.25) is 0 Å². The minimum absolute atomic E-state index is 0.0813. The fourth-order valence-corrected chi connectivity index (χ4v) is 3.07. The fourth-order valence-electron chi connectivity index (χ4n) is 3.07. The number of nitrogens with one attached hydrogen (secondary N) is 1. The Morgan fingerprint density at radius 2 is 1.85 bits per heavy atom. The number of anilines is 1. The Bertz CT molecular complexity index is 967. The van der Waals surface area contributed by atoms with E-state index in [4.69, 9.17) is 4.74 Å². The van der Waals surface area contributed by atoms with Crippen molar-refractivity contribution in [3.05, 3.63) is 56.2 Å². The molecule has 0 fully saturated rings. The highest BCUT2D eigenvalue weighted by Crippen LogP contribution is 2.32. The molecule has 0 aliphatic carbocycles. The molecule has 27 heavy (non-hydrogen) atoms. The Balaban J connectivity index is 2.62. The summed E-state index contributed by atoms with van der Waals surface area (Å²) in [6, 6.07) is 9.37. The molecule has 1 aromatic heterocycles. The summed E-state index contributed by atoms with van der Waals surface area (Å²) in [5, 5.41) is 12.8. The summed E-state index contributed by atoms with van der Waals surface area (Å²) in [5.41, 5.74) is -0.250. The van der Waals surface area contributed by atoms with Gasteiger partial charge in [0.25, 0.3) is 5.56 Å². The average Bonchev–Trinajstić information content (AvgIpc) is 2.64. The van der Waals surface area contributed by atoms with Crippen molar-refractivity contribution < 1.29 is 4.74 Å². The lowest BCUT2D eigenvalue weighted by atomic mass is 9.96. The van der Waals surface area contributed by atoms with Crippen LogP contribution in [0, 0.1) is 17.2 Å². The number of ether oxygens (including phenoxy) is 1. The largest absolute Gasteiger partial charge is 0.494 e. The molecule has 2 aromatic rings. The van der Waals surface area contributed by atoms with Crippen LogP contribution in [0.2, 0.25) is 0 Å². The highest BCUT2D eigenvalue weighted by atomic mass is 16.5. The zero-order valence-electron chi connectivity index (χ0n) is 16.4. The monoisotopic (exact) mass is 370 g/mol. The van der Waals surface area contributed by atoms with Crippen LogP contribution in [0.1, 0.15) is 44.4 Å². The van der Waals surface area contributed by atoms with Crippen molar-refractivity contribution in [3.63, 3.8) is 0 Å². The Morgan fingerprint density at radius 1 is 1.19 bits per heavy atom. The van der Waals surface area contributed by atoms with Gasteiger partial charge in [-0.05, 0) is 25.3 Å². The van der Waals surface area contributed by atoms with Crippen LogP contribution >= 0.6 is 0 Å². The molecule has 1 atom stereocenters. The molecule has 0 bridgehead atoms. The first-order chi connectivity index (χ1) is 12.8. The van der Waals surface area contributed by atoms with E-state index >= 15 is 0 Å². The molecule has 0 spiro atoms. The molecule has 144 valence electrons. The summed E-state index contributed by atoms with van der Waals surface area (Å²) < 4.78 is 7.99. The molecule has 1 aromatic carbocycles. The molecule has 7 nitrogen and oxygen atoms in total. The number of hydrogen-bond donors (Lipinski definition) is 1. The zero-order valence-corrected chi connectivity index (χ0v) is 16.4. The second-order valence-corrected chi connectivity index (χ2v) is 6.84. The third-order valence-corrected chi connectivity index (χ3v) is 4.39. The molecule has 0 unspecified atom stereocenters. The van der Waals surface area contributed by atoms with Crippen molar-refractivity contribution in [2.24, 2.45) is 20.0 Å². The molecule has 1 N–H and O–H groups in total. The standard InChI is InChI=1S/C20H26N4O3/c1-6-27-17-10-8-7-9-14(17)16(11-13(2)3)22-18-15(12-21)19(25)24(5)20(26)23(18)4/h7-10,13,16,22H,6,11H2,1-5H3/t16-/m1/s1. The number of aromatic nitrogens is 2. The molecule has 0 radical (unpaired) electrons. The molecule has 1 heterocycles. The Hall–Kier alpha value is -3.01. The normalized spacial score (nSPS) is 11.9. The van der Waals surface area contributed by atoms with Gasteiger partial charge in [-0.25, -0.2) is 4.79 Å². The molecule has 2 rings (SSSR count). The number of nitriles is 1. The number of para-hydroxylation sites is 1. The number of nitrogens with zero attached hydrogens (tertiary/aromatic N) is 3. The molecule has 0 saturated carbocycles. The van der Waals surface area contributed by atoms with Crippen LogP contribution in [0.3, 0.4) is 0 Å². The first kappa shape index (κ1) is 20.3. The van der Waals surface area contributed by atoms with E-state index in [2.05, 4.69) is 19.2 Å². The molecule has 0 aliphatic rings. The summed E-state index contributed by atoms with van der Waals surface area (Å²) in [6.45, 7) is 6.62. The highest BCUT2D eigenvalue weighted by Gasteiger charge is 2.22. The van der Waals surface area contributed by atoms with Gasteiger partial charge in [-0.15, -0.1) is 0 Å². The summed E-state index contributed by atoms with van der Waals surface area (Å²) in [7, 11) is 2.91. The maximum atomic E-state index is 12.4. The van der Waals surface area contributed by atoms with E-state index in [1.54, 1.807) is 7.05 Å². The second-order valence-electron chi connectivity index (χ2n) is 6.84. The van der Waals surface area contributed by atoms with E-state index in [1.165, 1.54) is 11.6 Å². The van der Waals surface area contributed by atoms with E-state index in [9.17, 15) is 14.9 Å². The Labute approximate surface area is 158 Å². The molecule has 7 heteroatoms. The van der Waals surface area contributed by atoms with Crippen molar-refractivity contribution >= 4 is 5.82 Å². The van der Waals surface area contributed by atoms with Crippen molar-refractivity contribution in [3.8, 4) is 11.8 Å². The van der Waals surface area contributed by atoms with Crippen molar-refractivity contribution in [2.75, 3.05) is 11.9 Å². The van der Waals surface area contributed by atoms with Crippen molar-refractivity contribution in [1.29, 1.82) is 5.26 Å². The number of rotatable bonds is 7. The summed E-state index contributed by atoms with van der Waals surface area (Å²) in [6.07, 6.45) is 0.734. The third kappa shape index (κ3) is 4.22. The maximum absolute atomic E-state index is 12.4. The molecule has 0 saturated heterocycles. The van der Waals surface area contributed by atoms with Crippen LogP contribution in [0.25, 0.3) is 0 Å². The highest BCUT2D eigenvalue weighted by molar-refractivity contribution is 5.53. The smallest absolute Gasteiger partial charge is 0.332 e. The minimum atomic E-state index is -0.607. The predicted octanol–water partition coefficient (Wildman–Crippen LogP) is 2.55. The lowest BCUT2D eigenvalue weighted by Gasteiger charge is -2.26. The van der Waals surface area contributed by atoms with E-state index in [0.29, 0.717) is 12.5 Å². The van der Waals surface area contributed by atoms with Crippen molar-refractivity contribution in [2.45, 2.75) is 33.2 Å². The molecular formula is C20H26N4O3. The minimum Gasteiger partial charge on any atom is -0.494 e. The van der Waals surface area contributed by atoms with Crippen LogP contribution in [0.5, 0.6) is 5.75 Å². The lowest BCUT2D eigenvalue weighted by molar-refractivity contribution is 0.333. The Morgan fingerprint density at radius 3 is 2.44 bits per heavy atom. The molecular weight excluding hydrogens is 344 g/mol. The fraction of sp³-hybridized carbons (Fsp3) is 0.450. The lowest BCUT2D eigenvalue weighted by Crippen LogP contribution is -2.40. The summed E-state index contributed by atoms with van der Waals surface area (Å²) in [5.74, 6) is 1.30. The van der Waals surface area contributed by atoms with Crippen LogP contribution in [-0.2, 0) is 14.1 Å².